The fourth-order valence-corrected chi connectivity index (χ4v) is 3.38. The molecule has 6 N–H and O–H groups in total. The minimum Gasteiger partial charge on any atom is -0.345 e. The fourth-order valence-electron chi connectivity index (χ4n) is 3.38. The van der Waals surface area contributed by atoms with Crippen molar-refractivity contribution in [1.29, 1.82) is 0 Å². The molecule has 9 nitrogen and oxygen atoms in total. The third kappa shape index (κ3) is 5.20. The maximum absolute atomic E-state index is 13.4. The summed E-state index contributed by atoms with van der Waals surface area (Å²) in [6.45, 7) is 6.72. The number of piperidine rings is 1. The van der Waals surface area contributed by atoms with Gasteiger partial charge in [-0.25, -0.2) is 20.2 Å². The summed E-state index contributed by atoms with van der Waals surface area (Å²) in [7, 11) is 0. The van der Waals surface area contributed by atoms with E-state index in [1.165, 1.54) is 12.1 Å². The molecular weight excluding hydrogens is 387 g/mol. The first-order chi connectivity index (χ1) is 14.5. The Kier molecular flexibility index (Phi) is 8.05. The van der Waals surface area contributed by atoms with Gasteiger partial charge >= 0.3 is 0 Å². The lowest BCUT2D eigenvalue weighted by molar-refractivity contribution is -0.130. The highest BCUT2D eigenvalue weighted by Crippen LogP contribution is 2.36. The van der Waals surface area contributed by atoms with Crippen LogP contribution in [0.15, 0.2) is 41.8 Å². The van der Waals surface area contributed by atoms with Crippen LogP contribution in [-0.4, -0.2) is 39.7 Å². The Morgan fingerprint density at radius 2 is 1.73 bits per heavy atom. The molecule has 1 saturated heterocycles. The van der Waals surface area contributed by atoms with E-state index in [0.717, 1.165) is 5.56 Å². The second-order valence-corrected chi connectivity index (χ2v) is 6.64. The van der Waals surface area contributed by atoms with Crippen molar-refractivity contribution in [1.82, 2.24) is 20.3 Å². The molecule has 0 unspecified atom stereocenters. The van der Waals surface area contributed by atoms with Gasteiger partial charge in [0.15, 0.2) is 5.84 Å². The fraction of sp³-hybridized carbons (Fsp3) is 0.400. The van der Waals surface area contributed by atoms with Crippen LogP contribution in [0.4, 0.5) is 10.3 Å². The Morgan fingerprint density at radius 1 is 1.17 bits per heavy atom. The van der Waals surface area contributed by atoms with Crippen LogP contribution in [0, 0.1) is 5.82 Å². The Labute approximate surface area is 175 Å². The zero-order chi connectivity index (χ0) is 22.1. The predicted molar refractivity (Wildman–Crippen MR) is 115 cm³/mol. The van der Waals surface area contributed by atoms with Gasteiger partial charge in [0.05, 0.1) is 11.1 Å². The number of carbonyl (C=O) groups is 1. The molecule has 2 aromatic rings. The van der Waals surface area contributed by atoms with Crippen LogP contribution in [0.25, 0.3) is 0 Å². The first-order valence-corrected chi connectivity index (χ1v) is 9.84. The molecule has 2 heterocycles. The number of amides is 1. The van der Waals surface area contributed by atoms with E-state index in [0.29, 0.717) is 37.4 Å². The molecule has 0 atom stereocenters. The van der Waals surface area contributed by atoms with Gasteiger partial charge < -0.3 is 21.5 Å². The third-order valence-corrected chi connectivity index (χ3v) is 5.00. The lowest BCUT2D eigenvalue weighted by Gasteiger charge is -2.42. The highest BCUT2D eigenvalue weighted by Gasteiger charge is 2.37. The van der Waals surface area contributed by atoms with Crippen LogP contribution in [0.5, 0.6) is 0 Å². The molecule has 30 heavy (non-hydrogen) atoms. The maximum Gasteiger partial charge on any atom is 0.223 e. The summed E-state index contributed by atoms with van der Waals surface area (Å²) in [5, 5.41) is 6.91. The molecule has 1 aromatic carbocycles. The highest BCUT2D eigenvalue weighted by atomic mass is 19.1. The largest absolute Gasteiger partial charge is 0.345 e. The van der Waals surface area contributed by atoms with Crippen molar-refractivity contribution in [2.24, 2.45) is 16.8 Å². The number of anilines is 1. The topological polar surface area (TPSA) is 135 Å². The number of hydrazine groups is 1. The maximum atomic E-state index is 13.4. The number of carbonyl (C=O) groups excluding carboxylic acids is 1. The molecule has 0 saturated carbocycles. The SMILES string of the molecule is CC.CC(=O)N1CCC(Nc2ncc(/C(=N/N)NN)cn2)(c2ccc(F)cc2)CC1. The molecule has 3 rings (SSSR count). The summed E-state index contributed by atoms with van der Waals surface area (Å²) in [6, 6.07) is 6.35. The smallest absolute Gasteiger partial charge is 0.223 e. The first kappa shape index (κ1) is 23.0. The standard InChI is InChI=1S/C18H23FN8O.C2H6/c1-12(28)27-8-6-18(7-9-27,14-2-4-15(19)5-3-14)24-17-22-10-13(11-23-17)16(25-20)26-21;1-2/h2-5,10-11H,6-9,20-21H2,1H3,(H,25,26)(H,22,23,24);1-2H3. The Hall–Kier alpha value is -3.27. The highest BCUT2D eigenvalue weighted by molar-refractivity contribution is 5.97. The number of aromatic nitrogens is 2. The van der Waals surface area contributed by atoms with Crippen molar-refractivity contribution < 1.29 is 9.18 Å². The van der Waals surface area contributed by atoms with E-state index >= 15 is 0 Å². The molecule has 0 radical (unpaired) electrons. The average molecular weight is 417 g/mol. The van der Waals surface area contributed by atoms with Crippen LogP contribution >= 0.6 is 0 Å². The second-order valence-electron chi connectivity index (χ2n) is 6.64. The monoisotopic (exact) mass is 416 g/mol. The minimum absolute atomic E-state index is 0.0381. The van der Waals surface area contributed by atoms with E-state index in [2.05, 4.69) is 25.8 Å². The Balaban J connectivity index is 0.00000155. The number of hydrogen-bond donors (Lipinski definition) is 4. The van der Waals surface area contributed by atoms with E-state index in [4.69, 9.17) is 11.7 Å². The molecule has 1 aliphatic heterocycles. The van der Waals surface area contributed by atoms with E-state index in [9.17, 15) is 9.18 Å². The number of hydrazone groups is 1. The van der Waals surface area contributed by atoms with E-state index in [-0.39, 0.29) is 17.6 Å². The molecule has 1 fully saturated rings. The number of halogens is 1. The first-order valence-electron chi connectivity index (χ1n) is 9.84. The van der Waals surface area contributed by atoms with Crippen molar-refractivity contribution in [3.63, 3.8) is 0 Å². The Bertz CT molecular complexity index is 846. The zero-order valence-corrected chi connectivity index (χ0v) is 17.5. The van der Waals surface area contributed by atoms with Crippen molar-refractivity contribution in [2.45, 2.75) is 39.2 Å². The van der Waals surface area contributed by atoms with Crippen molar-refractivity contribution in [3.05, 3.63) is 53.6 Å². The number of rotatable bonds is 4. The summed E-state index contributed by atoms with van der Waals surface area (Å²) in [4.78, 5) is 22.1. The number of nitrogens with one attached hydrogen (secondary N) is 2. The number of likely N-dealkylation sites (tertiary alicyclic amines) is 1. The minimum atomic E-state index is -0.516. The zero-order valence-electron chi connectivity index (χ0n) is 17.5. The van der Waals surface area contributed by atoms with Crippen molar-refractivity contribution >= 4 is 17.7 Å². The van der Waals surface area contributed by atoms with Crippen LogP contribution in [0.2, 0.25) is 0 Å². The second kappa shape index (κ2) is 10.5. The summed E-state index contributed by atoms with van der Waals surface area (Å²) < 4.78 is 13.4. The van der Waals surface area contributed by atoms with Gasteiger partial charge in [-0.05, 0) is 30.5 Å². The third-order valence-electron chi connectivity index (χ3n) is 5.00. The molecule has 1 aromatic heterocycles. The molecule has 162 valence electrons. The molecule has 10 heteroatoms. The summed E-state index contributed by atoms with van der Waals surface area (Å²) in [5.41, 5.74) is 3.31. The number of hydrogen-bond acceptors (Lipinski definition) is 7. The summed E-state index contributed by atoms with van der Waals surface area (Å²) >= 11 is 0. The quantitative estimate of drug-likeness (QED) is 0.258. The predicted octanol–water partition coefficient (Wildman–Crippen LogP) is 1.68. The Morgan fingerprint density at radius 3 is 2.20 bits per heavy atom. The molecule has 1 aliphatic rings. The summed E-state index contributed by atoms with van der Waals surface area (Å²) in [6.07, 6.45) is 4.38. The van der Waals surface area contributed by atoms with E-state index in [1.54, 1.807) is 36.4 Å². The normalized spacial score (nSPS) is 15.6. The van der Waals surface area contributed by atoms with Gasteiger partial charge in [0, 0.05) is 32.4 Å². The molecule has 1 amide bonds. The molecular formula is C20H29FN8O. The number of nitrogens with two attached hydrogens (primary N) is 2. The van der Waals surface area contributed by atoms with Crippen LogP contribution < -0.4 is 22.4 Å². The lowest BCUT2D eigenvalue weighted by Crippen LogP contribution is -2.48. The van der Waals surface area contributed by atoms with Gasteiger partial charge in [0.1, 0.15) is 5.82 Å². The van der Waals surface area contributed by atoms with Crippen LogP contribution in [0.1, 0.15) is 44.7 Å². The van der Waals surface area contributed by atoms with Gasteiger partial charge in [0.2, 0.25) is 11.9 Å². The van der Waals surface area contributed by atoms with Crippen molar-refractivity contribution in [2.75, 3.05) is 18.4 Å². The summed E-state index contributed by atoms with van der Waals surface area (Å²) in [5.74, 6) is 11.0. The van der Waals surface area contributed by atoms with E-state index in [1.807, 2.05) is 13.8 Å². The molecule has 0 bridgehead atoms. The van der Waals surface area contributed by atoms with E-state index < -0.39 is 5.54 Å². The lowest BCUT2D eigenvalue weighted by atomic mass is 9.81. The van der Waals surface area contributed by atoms with Gasteiger partial charge in [-0.3, -0.25) is 4.79 Å². The number of benzene rings is 1. The molecule has 0 spiro atoms. The van der Waals surface area contributed by atoms with Crippen molar-refractivity contribution in [3.8, 4) is 0 Å². The van der Waals surface area contributed by atoms with Gasteiger partial charge in [-0.15, -0.1) is 0 Å². The van der Waals surface area contributed by atoms with Crippen LogP contribution in [0.3, 0.4) is 0 Å². The van der Waals surface area contributed by atoms with Gasteiger partial charge in [0.25, 0.3) is 0 Å². The van der Waals surface area contributed by atoms with Crippen LogP contribution in [-0.2, 0) is 10.3 Å². The van der Waals surface area contributed by atoms with Gasteiger partial charge in [-0.1, -0.05) is 26.0 Å². The number of amidine groups is 1. The van der Waals surface area contributed by atoms with Gasteiger partial charge in [-0.2, -0.15) is 5.10 Å². The number of nitrogens with zero attached hydrogens (tertiary/aromatic N) is 4. The average Bonchev–Trinajstić information content (AvgIpc) is 2.78. The molecule has 0 aliphatic carbocycles.